The fraction of sp³-hybridized carbons (Fsp3) is 0.594. The number of rotatable bonds is 9. The standard InChI is InChI=1S/C21H30N2O6S.C7H8.2C2H6/c24-15-5-3-8-17(13-15)30-23(29-16-6-1-2-7-16)11-4-10-22-21(25)28-19-14-27-20-18(19)9-12-26-20;1-7-5-3-2-4-6-7;2*1-2/h3,5,8,13,16,18-20,24H,1-2,4,6-7,9-12,14H2,(H,22,25);2-6H,1H3;2*1-2H3/t18-,19-,20+;;;/m0.../s1. The molecule has 3 fully saturated rings. The summed E-state index contributed by atoms with van der Waals surface area (Å²) in [6, 6.07) is 17.4. The lowest BCUT2D eigenvalue weighted by atomic mass is 10.0. The number of hydroxylamine groups is 1. The number of alkyl carbamates (subject to hydrolysis) is 1. The number of benzene rings is 2. The van der Waals surface area contributed by atoms with Crippen LogP contribution in [0.1, 0.15) is 71.8 Å². The van der Waals surface area contributed by atoms with Crippen LogP contribution >= 0.6 is 11.9 Å². The minimum Gasteiger partial charge on any atom is -0.508 e. The van der Waals surface area contributed by atoms with Gasteiger partial charge < -0.3 is 24.6 Å². The van der Waals surface area contributed by atoms with E-state index in [-0.39, 0.29) is 30.2 Å². The van der Waals surface area contributed by atoms with Gasteiger partial charge in [0.2, 0.25) is 0 Å². The zero-order valence-corrected chi connectivity index (χ0v) is 26.2. The van der Waals surface area contributed by atoms with Crippen molar-refractivity contribution in [3.8, 4) is 5.75 Å². The second-order valence-corrected chi connectivity index (χ2v) is 10.6. The smallest absolute Gasteiger partial charge is 0.407 e. The van der Waals surface area contributed by atoms with Crippen molar-refractivity contribution >= 4 is 18.0 Å². The average Bonchev–Trinajstić information content (AvgIpc) is 3.75. The van der Waals surface area contributed by atoms with Crippen LogP contribution in [0, 0.1) is 12.8 Å². The molecule has 0 spiro atoms. The van der Waals surface area contributed by atoms with Gasteiger partial charge in [0.05, 0.1) is 25.2 Å². The number of phenolic OH excluding ortho intramolecular Hbond substituents is 1. The van der Waals surface area contributed by atoms with E-state index >= 15 is 0 Å². The number of hydrogen-bond donors (Lipinski definition) is 2. The van der Waals surface area contributed by atoms with E-state index in [1.807, 2.05) is 62.5 Å². The molecule has 1 saturated carbocycles. The van der Waals surface area contributed by atoms with E-state index in [4.69, 9.17) is 19.0 Å². The fourth-order valence-corrected chi connectivity index (χ4v) is 5.53. The highest BCUT2D eigenvalue weighted by Gasteiger charge is 2.43. The predicted octanol–water partition coefficient (Wildman–Crippen LogP) is 7.50. The second-order valence-electron chi connectivity index (χ2n) is 9.56. The molecule has 8 nitrogen and oxygen atoms in total. The van der Waals surface area contributed by atoms with E-state index in [1.165, 1.54) is 30.4 Å². The Morgan fingerprint density at radius 2 is 1.76 bits per heavy atom. The summed E-state index contributed by atoms with van der Waals surface area (Å²) >= 11 is 1.46. The maximum Gasteiger partial charge on any atom is 0.407 e. The van der Waals surface area contributed by atoms with Gasteiger partial charge in [0.25, 0.3) is 0 Å². The molecule has 2 aromatic carbocycles. The quantitative estimate of drug-likeness (QED) is 0.176. The summed E-state index contributed by atoms with van der Waals surface area (Å²) in [7, 11) is 0. The van der Waals surface area contributed by atoms with Crippen molar-refractivity contribution in [2.24, 2.45) is 5.92 Å². The Morgan fingerprint density at radius 1 is 1.02 bits per heavy atom. The molecule has 1 amide bonds. The summed E-state index contributed by atoms with van der Waals surface area (Å²) < 4.78 is 18.3. The predicted molar refractivity (Wildman–Crippen MR) is 165 cm³/mol. The van der Waals surface area contributed by atoms with Crippen LogP contribution in [-0.4, -0.2) is 60.5 Å². The minimum absolute atomic E-state index is 0.143. The topological polar surface area (TPSA) is 89.5 Å². The van der Waals surface area contributed by atoms with Crippen molar-refractivity contribution in [1.29, 1.82) is 0 Å². The molecule has 2 aromatic rings. The normalized spacial score (nSPS) is 21.0. The Bertz CT molecular complexity index is 960. The molecule has 230 valence electrons. The number of phenols is 1. The highest BCUT2D eigenvalue weighted by Crippen LogP contribution is 2.33. The second kappa shape index (κ2) is 20.6. The molecular weight excluding hydrogens is 540 g/mol. The highest BCUT2D eigenvalue weighted by atomic mass is 32.2. The fourth-order valence-electron chi connectivity index (χ4n) is 4.60. The molecule has 1 aliphatic carbocycles. The van der Waals surface area contributed by atoms with Crippen LogP contribution < -0.4 is 5.32 Å². The van der Waals surface area contributed by atoms with Crippen LogP contribution in [0.25, 0.3) is 0 Å². The number of aromatic hydroxyl groups is 1. The largest absolute Gasteiger partial charge is 0.508 e. The van der Waals surface area contributed by atoms with Crippen molar-refractivity contribution in [1.82, 2.24) is 9.79 Å². The summed E-state index contributed by atoms with van der Waals surface area (Å²) in [5.41, 5.74) is 1.32. The molecule has 2 aliphatic heterocycles. The number of hydrogen-bond acceptors (Lipinski definition) is 8. The number of carbonyl (C=O) groups excluding carboxylic acids is 1. The Balaban J connectivity index is 0.000000456. The summed E-state index contributed by atoms with van der Waals surface area (Å²) in [4.78, 5) is 19.2. The molecule has 5 rings (SSSR count). The molecule has 3 aliphatic rings. The van der Waals surface area contributed by atoms with E-state index < -0.39 is 6.09 Å². The first kappa shape index (κ1) is 34.9. The highest BCUT2D eigenvalue weighted by molar-refractivity contribution is 7.96. The van der Waals surface area contributed by atoms with E-state index in [0.717, 1.165) is 24.2 Å². The first-order valence-electron chi connectivity index (χ1n) is 15.2. The molecule has 0 unspecified atom stereocenters. The van der Waals surface area contributed by atoms with Gasteiger partial charge in [-0.2, -0.15) is 0 Å². The molecule has 0 aromatic heterocycles. The molecule has 0 radical (unpaired) electrons. The molecule has 2 N–H and O–H groups in total. The van der Waals surface area contributed by atoms with E-state index in [9.17, 15) is 9.90 Å². The van der Waals surface area contributed by atoms with Crippen LogP contribution in [0.4, 0.5) is 4.79 Å². The zero-order chi connectivity index (χ0) is 29.9. The van der Waals surface area contributed by atoms with Crippen molar-refractivity contribution in [3.63, 3.8) is 0 Å². The Hall–Kier alpha value is -2.30. The van der Waals surface area contributed by atoms with Gasteiger partial charge >= 0.3 is 6.09 Å². The number of nitrogens with zero attached hydrogens (tertiary/aromatic N) is 1. The van der Waals surface area contributed by atoms with Gasteiger partial charge in [-0.15, -0.1) is 4.47 Å². The SMILES string of the molecule is CC.CC.Cc1ccccc1.O=C(NCCCN(OC1CCCC1)Sc1cccc(O)c1)O[C@H]1CO[C@H]2OCC[C@H]21. The van der Waals surface area contributed by atoms with Gasteiger partial charge in [-0.1, -0.05) is 82.5 Å². The van der Waals surface area contributed by atoms with Crippen molar-refractivity contribution in [2.75, 3.05) is 26.3 Å². The maximum atomic E-state index is 12.1. The van der Waals surface area contributed by atoms with Gasteiger partial charge in [-0.25, -0.2) is 4.79 Å². The third-order valence-electron chi connectivity index (χ3n) is 6.56. The monoisotopic (exact) mass is 590 g/mol. The molecular formula is C32H50N2O6S. The zero-order valence-electron chi connectivity index (χ0n) is 25.4. The molecule has 2 saturated heterocycles. The van der Waals surface area contributed by atoms with Gasteiger partial charge in [0, 0.05) is 18.0 Å². The first-order valence-corrected chi connectivity index (χ1v) is 15.9. The lowest BCUT2D eigenvalue weighted by molar-refractivity contribution is -0.122. The average molecular weight is 591 g/mol. The van der Waals surface area contributed by atoms with Crippen LogP contribution in [-0.2, 0) is 19.0 Å². The number of fused-ring (bicyclic) bond motifs is 1. The molecule has 2 heterocycles. The van der Waals surface area contributed by atoms with E-state index in [2.05, 4.69) is 24.4 Å². The Labute approximate surface area is 251 Å². The van der Waals surface area contributed by atoms with E-state index in [0.29, 0.717) is 32.7 Å². The molecule has 41 heavy (non-hydrogen) atoms. The number of aryl methyl sites for hydroxylation is 1. The van der Waals surface area contributed by atoms with Crippen molar-refractivity contribution < 1.29 is 28.9 Å². The molecule has 0 bridgehead atoms. The summed E-state index contributed by atoms with van der Waals surface area (Å²) in [5.74, 6) is 0.376. The third-order valence-corrected chi connectivity index (χ3v) is 7.50. The third kappa shape index (κ3) is 13.0. The minimum atomic E-state index is -0.417. The molecule has 9 heteroatoms. The van der Waals surface area contributed by atoms with Gasteiger partial charge in [-0.3, -0.25) is 4.84 Å². The first-order chi connectivity index (χ1) is 20.1. The van der Waals surface area contributed by atoms with Crippen LogP contribution in [0.3, 0.4) is 0 Å². The Morgan fingerprint density at radius 3 is 2.41 bits per heavy atom. The lowest BCUT2D eigenvalue weighted by Crippen LogP contribution is -2.34. The lowest BCUT2D eigenvalue weighted by Gasteiger charge is -2.24. The molecule has 3 atom stereocenters. The van der Waals surface area contributed by atoms with Gasteiger partial charge in [0.15, 0.2) is 6.29 Å². The summed E-state index contributed by atoms with van der Waals surface area (Å²) in [6.45, 7) is 12.3. The number of carbonyl (C=O) groups is 1. The van der Waals surface area contributed by atoms with Gasteiger partial charge in [0.1, 0.15) is 11.9 Å². The number of amides is 1. The van der Waals surface area contributed by atoms with Crippen LogP contribution in [0.15, 0.2) is 59.5 Å². The van der Waals surface area contributed by atoms with Gasteiger partial charge in [-0.05, 0) is 62.8 Å². The number of ether oxygens (including phenoxy) is 3. The van der Waals surface area contributed by atoms with Crippen molar-refractivity contribution in [3.05, 3.63) is 60.2 Å². The summed E-state index contributed by atoms with van der Waals surface area (Å²) in [5, 5.41) is 12.5. The van der Waals surface area contributed by atoms with Crippen LogP contribution in [0.5, 0.6) is 5.75 Å². The number of nitrogens with one attached hydrogen (secondary N) is 1. The van der Waals surface area contributed by atoms with Crippen LogP contribution in [0.2, 0.25) is 0 Å². The van der Waals surface area contributed by atoms with E-state index in [1.54, 1.807) is 12.1 Å². The maximum absolute atomic E-state index is 12.1. The Kier molecular flexibility index (Phi) is 17.5. The summed E-state index contributed by atoms with van der Waals surface area (Å²) in [6.07, 6.45) is 5.46. The van der Waals surface area contributed by atoms with Crippen molar-refractivity contribution in [2.45, 2.75) is 96.5 Å².